The summed E-state index contributed by atoms with van der Waals surface area (Å²) in [5, 5.41) is 6.71. The molecule has 1 N–H and O–H groups in total. The van der Waals surface area contributed by atoms with E-state index in [1.807, 2.05) is 19.0 Å². The highest BCUT2D eigenvalue weighted by Gasteiger charge is 2.10. The predicted octanol–water partition coefficient (Wildman–Crippen LogP) is 0.0432. The van der Waals surface area contributed by atoms with Gasteiger partial charge in [-0.25, -0.2) is 4.68 Å². The van der Waals surface area contributed by atoms with E-state index in [2.05, 4.69) is 15.2 Å². The van der Waals surface area contributed by atoms with Gasteiger partial charge in [0.15, 0.2) is 0 Å². The molecule has 1 rings (SSSR count). The van der Waals surface area contributed by atoms with Crippen molar-refractivity contribution in [2.45, 2.75) is 6.54 Å². The van der Waals surface area contributed by atoms with E-state index in [9.17, 15) is 9.59 Å². The second kappa shape index (κ2) is 7.10. The first-order valence-electron chi connectivity index (χ1n) is 5.66. The van der Waals surface area contributed by atoms with E-state index < -0.39 is 11.5 Å². The summed E-state index contributed by atoms with van der Waals surface area (Å²) in [7, 11) is 5.08. The molecule has 0 aliphatic rings. The summed E-state index contributed by atoms with van der Waals surface area (Å²) in [5.41, 5.74) is -0.0726. The van der Waals surface area contributed by atoms with E-state index in [1.165, 1.54) is 18.0 Å². The van der Waals surface area contributed by atoms with Crippen molar-refractivity contribution < 1.29 is 9.53 Å². The largest absolute Gasteiger partial charge is 0.468 e. The fraction of sp³-hybridized carbons (Fsp3) is 0.545. The maximum absolute atomic E-state index is 11.9. The van der Waals surface area contributed by atoms with Crippen LogP contribution in [0.1, 0.15) is 0 Å². The Bertz CT molecular complexity index is 501. The summed E-state index contributed by atoms with van der Waals surface area (Å²) < 4.78 is 5.76. The second-order valence-electron chi connectivity index (χ2n) is 4.13. The minimum absolute atomic E-state index is 0.0117. The molecular weight excluding hydrogens is 272 g/mol. The van der Waals surface area contributed by atoms with Crippen LogP contribution in [0.2, 0.25) is 5.02 Å². The van der Waals surface area contributed by atoms with Crippen molar-refractivity contribution in [3.8, 4) is 0 Å². The number of carbonyl (C=O) groups is 1. The highest BCUT2D eigenvalue weighted by Crippen LogP contribution is 2.14. The number of nitrogens with zero attached hydrogens (tertiary/aromatic N) is 3. The van der Waals surface area contributed by atoms with Crippen molar-refractivity contribution in [3.63, 3.8) is 0 Å². The van der Waals surface area contributed by atoms with Crippen LogP contribution in [0.5, 0.6) is 0 Å². The van der Waals surface area contributed by atoms with Gasteiger partial charge in [0, 0.05) is 6.54 Å². The van der Waals surface area contributed by atoms with Gasteiger partial charge in [-0.15, -0.1) is 0 Å². The zero-order valence-corrected chi connectivity index (χ0v) is 11.9. The second-order valence-corrected chi connectivity index (χ2v) is 4.51. The van der Waals surface area contributed by atoms with Crippen LogP contribution in [0.4, 0.5) is 5.69 Å². The lowest BCUT2D eigenvalue weighted by Crippen LogP contribution is -2.29. The SMILES string of the molecule is COC(=O)CNc1cnn(CCN(C)C)c(=O)c1Cl. The highest BCUT2D eigenvalue weighted by molar-refractivity contribution is 6.32. The van der Waals surface area contributed by atoms with Crippen molar-refractivity contribution in [2.75, 3.05) is 39.6 Å². The molecule has 0 saturated heterocycles. The number of hydrogen-bond donors (Lipinski definition) is 1. The maximum Gasteiger partial charge on any atom is 0.325 e. The fourth-order valence-corrected chi connectivity index (χ4v) is 1.50. The molecule has 7 nitrogen and oxygen atoms in total. The molecule has 0 fully saturated rings. The van der Waals surface area contributed by atoms with Gasteiger partial charge in [-0.2, -0.15) is 5.10 Å². The van der Waals surface area contributed by atoms with Gasteiger partial charge < -0.3 is 15.0 Å². The topological polar surface area (TPSA) is 76.5 Å². The number of anilines is 1. The van der Waals surface area contributed by atoms with Gasteiger partial charge >= 0.3 is 5.97 Å². The summed E-state index contributed by atoms with van der Waals surface area (Å²) >= 11 is 5.94. The van der Waals surface area contributed by atoms with E-state index >= 15 is 0 Å². The molecule has 0 bridgehead atoms. The number of hydrogen-bond acceptors (Lipinski definition) is 6. The van der Waals surface area contributed by atoms with Gasteiger partial charge in [-0.3, -0.25) is 9.59 Å². The van der Waals surface area contributed by atoms with Crippen molar-refractivity contribution in [3.05, 3.63) is 21.6 Å². The van der Waals surface area contributed by atoms with Gasteiger partial charge in [-0.05, 0) is 14.1 Å². The van der Waals surface area contributed by atoms with E-state index in [4.69, 9.17) is 11.6 Å². The normalized spacial score (nSPS) is 10.6. The third-order valence-corrected chi connectivity index (χ3v) is 2.76. The molecule has 0 radical (unpaired) electrons. The summed E-state index contributed by atoms with van der Waals surface area (Å²) in [6.07, 6.45) is 1.42. The quantitative estimate of drug-likeness (QED) is 0.745. The molecular formula is C11H17ClN4O3. The number of esters is 1. The lowest BCUT2D eigenvalue weighted by molar-refractivity contribution is -0.138. The third kappa shape index (κ3) is 4.53. The average molecular weight is 289 g/mol. The first-order chi connectivity index (χ1) is 8.95. The van der Waals surface area contributed by atoms with Gasteiger partial charge in [0.1, 0.15) is 11.6 Å². The summed E-state index contributed by atoms with van der Waals surface area (Å²) in [5.74, 6) is -0.451. The van der Waals surface area contributed by atoms with Crippen molar-refractivity contribution in [1.29, 1.82) is 0 Å². The first-order valence-corrected chi connectivity index (χ1v) is 6.04. The maximum atomic E-state index is 11.9. The Morgan fingerprint density at radius 1 is 1.58 bits per heavy atom. The van der Waals surface area contributed by atoms with Gasteiger partial charge in [0.2, 0.25) is 0 Å². The number of halogens is 1. The van der Waals surface area contributed by atoms with Crippen LogP contribution in [-0.2, 0) is 16.1 Å². The minimum Gasteiger partial charge on any atom is -0.468 e. The monoisotopic (exact) mass is 288 g/mol. The van der Waals surface area contributed by atoms with Crippen LogP contribution in [0, 0.1) is 0 Å². The Morgan fingerprint density at radius 2 is 2.26 bits per heavy atom. The lowest BCUT2D eigenvalue weighted by Gasteiger charge is -2.12. The van der Waals surface area contributed by atoms with Crippen LogP contribution >= 0.6 is 11.6 Å². The van der Waals surface area contributed by atoms with E-state index in [1.54, 1.807) is 0 Å². The Morgan fingerprint density at radius 3 is 2.84 bits per heavy atom. The molecule has 0 aliphatic heterocycles. The zero-order chi connectivity index (χ0) is 14.4. The van der Waals surface area contributed by atoms with Crippen molar-refractivity contribution >= 4 is 23.3 Å². The van der Waals surface area contributed by atoms with E-state index in [0.29, 0.717) is 18.8 Å². The summed E-state index contributed by atoms with van der Waals surface area (Å²) in [6.45, 7) is 1.06. The average Bonchev–Trinajstić information content (AvgIpc) is 2.38. The molecule has 1 aromatic rings. The number of ether oxygens (including phenoxy) is 1. The van der Waals surface area contributed by atoms with Crippen LogP contribution in [0.3, 0.4) is 0 Å². The van der Waals surface area contributed by atoms with Crippen molar-refractivity contribution in [1.82, 2.24) is 14.7 Å². The lowest BCUT2D eigenvalue weighted by atomic mass is 10.4. The molecule has 0 spiro atoms. The molecule has 1 heterocycles. The van der Waals surface area contributed by atoms with E-state index in [0.717, 1.165) is 0 Å². The minimum atomic E-state index is -0.451. The first kappa shape index (κ1) is 15.5. The van der Waals surface area contributed by atoms with Crippen LogP contribution in [-0.4, -0.2) is 54.9 Å². The molecule has 19 heavy (non-hydrogen) atoms. The molecule has 8 heteroatoms. The molecule has 0 aromatic carbocycles. The molecule has 0 unspecified atom stereocenters. The number of nitrogens with one attached hydrogen (secondary N) is 1. The molecule has 0 saturated carbocycles. The Labute approximate surface area is 116 Å². The van der Waals surface area contributed by atoms with Crippen LogP contribution in [0.15, 0.2) is 11.0 Å². The molecule has 106 valence electrons. The molecule has 0 aliphatic carbocycles. The fourth-order valence-electron chi connectivity index (χ4n) is 1.28. The molecule has 1 aromatic heterocycles. The Balaban J connectivity index is 2.79. The highest BCUT2D eigenvalue weighted by atomic mass is 35.5. The predicted molar refractivity (Wildman–Crippen MR) is 72.6 cm³/mol. The standard InChI is InChI=1S/C11H17ClN4O3/c1-15(2)4-5-16-11(18)10(12)8(6-14-16)13-7-9(17)19-3/h6,13H,4-5,7H2,1-3H3. The zero-order valence-electron chi connectivity index (χ0n) is 11.1. The number of carbonyl (C=O) groups excluding carboxylic acids is 1. The number of methoxy groups -OCH3 is 1. The van der Waals surface area contributed by atoms with Gasteiger partial charge in [-0.1, -0.05) is 11.6 Å². The number of likely N-dealkylation sites (N-methyl/N-ethyl adjacent to an activating group) is 1. The molecule has 0 atom stereocenters. The van der Waals surface area contributed by atoms with Crippen LogP contribution in [0.25, 0.3) is 0 Å². The van der Waals surface area contributed by atoms with Gasteiger partial charge in [0.05, 0.1) is 25.5 Å². The number of aromatic nitrogens is 2. The molecule has 0 amide bonds. The smallest absolute Gasteiger partial charge is 0.325 e. The van der Waals surface area contributed by atoms with Crippen LogP contribution < -0.4 is 10.9 Å². The van der Waals surface area contributed by atoms with Crippen molar-refractivity contribution in [2.24, 2.45) is 0 Å². The third-order valence-electron chi connectivity index (χ3n) is 2.39. The number of rotatable bonds is 6. The van der Waals surface area contributed by atoms with Gasteiger partial charge in [0.25, 0.3) is 5.56 Å². The summed E-state index contributed by atoms with van der Waals surface area (Å²) in [6, 6.07) is 0. The summed E-state index contributed by atoms with van der Waals surface area (Å²) in [4.78, 5) is 24.8. The van der Waals surface area contributed by atoms with E-state index in [-0.39, 0.29) is 11.6 Å². The Hall–Kier alpha value is -1.60. The Kier molecular flexibility index (Phi) is 5.78.